The Morgan fingerprint density at radius 2 is 1.79 bits per heavy atom. The van der Waals surface area contributed by atoms with Crippen LogP contribution in [0.2, 0.25) is 0 Å². The van der Waals surface area contributed by atoms with Crippen molar-refractivity contribution >= 4 is 5.91 Å². The van der Waals surface area contributed by atoms with Crippen LogP contribution in [-0.4, -0.2) is 57.3 Å². The van der Waals surface area contributed by atoms with Crippen LogP contribution in [0.3, 0.4) is 0 Å². The number of carbonyl (C=O) groups excluding carboxylic acids is 1. The lowest BCUT2D eigenvalue weighted by atomic mass is 10.0. The molecule has 1 aromatic carbocycles. The number of nitrogens with one attached hydrogen (secondary N) is 1. The fourth-order valence-corrected chi connectivity index (χ4v) is 3.08. The maximum atomic E-state index is 12.6. The fourth-order valence-electron chi connectivity index (χ4n) is 3.08. The summed E-state index contributed by atoms with van der Waals surface area (Å²) in [5, 5.41) is 3.39. The molecule has 2 unspecified atom stereocenters. The van der Waals surface area contributed by atoms with E-state index in [4.69, 9.17) is 14.2 Å². The molecule has 1 N–H and O–H groups in total. The van der Waals surface area contributed by atoms with Crippen LogP contribution in [0.4, 0.5) is 0 Å². The van der Waals surface area contributed by atoms with Crippen molar-refractivity contribution in [3.63, 3.8) is 0 Å². The summed E-state index contributed by atoms with van der Waals surface area (Å²) in [5.41, 5.74) is 0.994. The monoisotopic (exact) mass is 336 g/mol. The van der Waals surface area contributed by atoms with E-state index in [-0.39, 0.29) is 11.9 Å². The van der Waals surface area contributed by atoms with Gasteiger partial charge >= 0.3 is 0 Å². The zero-order valence-electron chi connectivity index (χ0n) is 15.2. The minimum Gasteiger partial charge on any atom is -0.493 e. The summed E-state index contributed by atoms with van der Waals surface area (Å²) < 4.78 is 16.1. The van der Waals surface area contributed by atoms with E-state index in [9.17, 15) is 4.79 Å². The van der Waals surface area contributed by atoms with Gasteiger partial charge in [0.2, 0.25) is 11.7 Å². The Bertz CT molecular complexity index is 551. The van der Waals surface area contributed by atoms with Gasteiger partial charge in [-0.1, -0.05) is 0 Å². The average molecular weight is 336 g/mol. The largest absolute Gasteiger partial charge is 0.493 e. The molecular weight excluding hydrogens is 308 g/mol. The first-order chi connectivity index (χ1) is 11.5. The van der Waals surface area contributed by atoms with Crippen molar-refractivity contribution in [2.75, 3.05) is 34.4 Å². The number of benzene rings is 1. The molecule has 1 amide bonds. The van der Waals surface area contributed by atoms with Gasteiger partial charge in [0.05, 0.1) is 21.3 Å². The van der Waals surface area contributed by atoms with E-state index in [0.717, 1.165) is 18.7 Å². The van der Waals surface area contributed by atoms with Crippen molar-refractivity contribution in [3.05, 3.63) is 17.7 Å². The van der Waals surface area contributed by atoms with Crippen LogP contribution in [0.15, 0.2) is 12.1 Å². The molecule has 6 heteroatoms. The Balaban J connectivity index is 2.07. The van der Waals surface area contributed by atoms with Crippen LogP contribution >= 0.6 is 0 Å². The van der Waals surface area contributed by atoms with Crippen LogP contribution in [-0.2, 0) is 11.2 Å². The van der Waals surface area contributed by atoms with E-state index < -0.39 is 0 Å². The van der Waals surface area contributed by atoms with E-state index in [1.165, 1.54) is 0 Å². The second-order valence-electron chi connectivity index (χ2n) is 6.10. The van der Waals surface area contributed by atoms with Gasteiger partial charge in [0.1, 0.15) is 0 Å². The van der Waals surface area contributed by atoms with Crippen LogP contribution in [0.5, 0.6) is 17.2 Å². The number of hydrogen-bond donors (Lipinski definition) is 1. The highest BCUT2D eigenvalue weighted by atomic mass is 16.5. The van der Waals surface area contributed by atoms with Crippen molar-refractivity contribution in [1.82, 2.24) is 10.2 Å². The second-order valence-corrected chi connectivity index (χ2v) is 6.10. The molecule has 0 aliphatic carbocycles. The zero-order chi connectivity index (χ0) is 17.7. The van der Waals surface area contributed by atoms with Crippen molar-refractivity contribution in [2.24, 2.45) is 0 Å². The van der Waals surface area contributed by atoms with Gasteiger partial charge in [-0.05, 0) is 38.0 Å². The SMILES string of the molecule is COc1cc(CCC(=O)N2CCNC(C)C2C)cc(OC)c1OC. The fraction of sp³-hybridized carbons (Fsp3) is 0.611. The number of rotatable bonds is 6. The quantitative estimate of drug-likeness (QED) is 0.859. The molecule has 0 bridgehead atoms. The van der Waals surface area contributed by atoms with Crippen molar-refractivity contribution in [2.45, 2.75) is 38.8 Å². The first-order valence-corrected chi connectivity index (χ1v) is 8.33. The highest BCUT2D eigenvalue weighted by molar-refractivity contribution is 5.77. The van der Waals surface area contributed by atoms with E-state index in [0.29, 0.717) is 36.1 Å². The molecule has 24 heavy (non-hydrogen) atoms. The molecule has 1 heterocycles. The van der Waals surface area contributed by atoms with Gasteiger partial charge in [0.25, 0.3) is 0 Å². The van der Waals surface area contributed by atoms with Crippen LogP contribution < -0.4 is 19.5 Å². The Morgan fingerprint density at radius 1 is 1.17 bits per heavy atom. The Morgan fingerprint density at radius 3 is 2.33 bits per heavy atom. The molecule has 2 atom stereocenters. The van der Waals surface area contributed by atoms with E-state index in [1.807, 2.05) is 17.0 Å². The second kappa shape index (κ2) is 8.24. The van der Waals surface area contributed by atoms with Gasteiger partial charge < -0.3 is 24.4 Å². The smallest absolute Gasteiger partial charge is 0.223 e. The summed E-state index contributed by atoms with van der Waals surface area (Å²) in [6.45, 7) is 5.82. The lowest BCUT2D eigenvalue weighted by Crippen LogP contribution is -2.57. The molecule has 0 aromatic heterocycles. The molecule has 134 valence electrons. The maximum Gasteiger partial charge on any atom is 0.223 e. The van der Waals surface area contributed by atoms with Gasteiger partial charge in [-0.25, -0.2) is 0 Å². The zero-order valence-corrected chi connectivity index (χ0v) is 15.2. The van der Waals surface area contributed by atoms with E-state index in [1.54, 1.807) is 21.3 Å². The molecule has 0 spiro atoms. The molecule has 0 radical (unpaired) electrons. The normalized spacial score (nSPS) is 20.6. The third kappa shape index (κ3) is 3.93. The number of aryl methyl sites for hydroxylation is 1. The molecule has 1 saturated heterocycles. The van der Waals surface area contributed by atoms with E-state index >= 15 is 0 Å². The van der Waals surface area contributed by atoms with E-state index in [2.05, 4.69) is 19.2 Å². The third-order valence-corrected chi connectivity index (χ3v) is 4.71. The highest BCUT2D eigenvalue weighted by Gasteiger charge is 2.27. The molecule has 0 saturated carbocycles. The number of methoxy groups -OCH3 is 3. The average Bonchev–Trinajstić information content (AvgIpc) is 2.60. The lowest BCUT2D eigenvalue weighted by molar-refractivity contribution is -0.134. The summed E-state index contributed by atoms with van der Waals surface area (Å²) in [7, 11) is 4.77. The number of nitrogens with zero attached hydrogens (tertiary/aromatic N) is 1. The molecule has 1 aromatic rings. The minimum absolute atomic E-state index is 0.185. The summed E-state index contributed by atoms with van der Waals surface area (Å²) >= 11 is 0. The summed E-state index contributed by atoms with van der Waals surface area (Å²) in [4.78, 5) is 14.5. The standard InChI is InChI=1S/C18H28N2O4/c1-12-13(2)20(9-8-19-12)17(21)7-6-14-10-15(22-3)18(24-5)16(11-14)23-4/h10-13,19H,6-9H2,1-5H3. The van der Waals surface area contributed by atoms with Gasteiger partial charge in [-0.15, -0.1) is 0 Å². The molecule has 1 aliphatic rings. The molecule has 6 nitrogen and oxygen atoms in total. The number of hydrogen-bond acceptors (Lipinski definition) is 5. The lowest BCUT2D eigenvalue weighted by Gasteiger charge is -2.38. The van der Waals surface area contributed by atoms with Gasteiger partial charge in [-0.3, -0.25) is 4.79 Å². The molecular formula is C18H28N2O4. The topological polar surface area (TPSA) is 60.0 Å². The first-order valence-electron chi connectivity index (χ1n) is 8.33. The van der Waals surface area contributed by atoms with Gasteiger partial charge in [0.15, 0.2) is 11.5 Å². The Hall–Kier alpha value is -1.95. The van der Waals surface area contributed by atoms with Crippen molar-refractivity contribution in [1.29, 1.82) is 0 Å². The predicted octanol–water partition coefficient (Wildman–Crippen LogP) is 1.85. The number of piperazine rings is 1. The maximum absolute atomic E-state index is 12.6. The Labute approximate surface area is 144 Å². The van der Waals surface area contributed by atoms with Crippen molar-refractivity contribution in [3.8, 4) is 17.2 Å². The number of carbonyl (C=O) groups is 1. The first kappa shape index (κ1) is 18.4. The molecule has 1 fully saturated rings. The Kier molecular flexibility index (Phi) is 6.31. The minimum atomic E-state index is 0.185. The van der Waals surface area contributed by atoms with Crippen molar-refractivity contribution < 1.29 is 19.0 Å². The molecule has 1 aliphatic heterocycles. The highest BCUT2D eigenvalue weighted by Crippen LogP contribution is 2.38. The van der Waals surface area contributed by atoms with Crippen LogP contribution in [0.25, 0.3) is 0 Å². The van der Waals surface area contributed by atoms with Crippen LogP contribution in [0.1, 0.15) is 25.8 Å². The number of ether oxygens (including phenoxy) is 3. The van der Waals surface area contributed by atoms with Crippen LogP contribution in [0, 0.1) is 0 Å². The number of amides is 1. The summed E-state index contributed by atoms with van der Waals surface area (Å²) in [6.07, 6.45) is 1.11. The third-order valence-electron chi connectivity index (χ3n) is 4.71. The van der Waals surface area contributed by atoms with Gasteiger partial charge in [-0.2, -0.15) is 0 Å². The van der Waals surface area contributed by atoms with Gasteiger partial charge in [0, 0.05) is 31.6 Å². The summed E-state index contributed by atoms with van der Waals surface area (Å²) in [6, 6.07) is 4.34. The predicted molar refractivity (Wildman–Crippen MR) is 93.1 cm³/mol. The molecule has 2 rings (SSSR count). The summed E-state index contributed by atoms with van der Waals surface area (Å²) in [5.74, 6) is 1.98.